The second-order valence-electron chi connectivity index (χ2n) is 5.33. The van der Waals surface area contributed by atoms with E-state index in [-0.39, 0.29) is 5.60 Å². The van der Waals surface area contributed by atoms with Crippen LogP contribution in [-0.2, 0) is 18.4 Å². The van der Waals surface area contributed by atoms with Gasteiger partial charge in [0.1, 0.15) is 12.9 Å². The molecule has 2 N–H and O–H groups in total. The highest BCUT2D eigenvalue weighted by molar-refractivity contribution is 4.90. The van der Waals surface area contributed by atoms with Gasteiger partial charge in [-0.25, -0.2) is 4.98 Å². The lowest BCUT2D eigenvalue weighted by Gasteiger charge is -2.39. The maximum atomic E-state index is 6.09. The molecule has 18 heavy (non-hydrogen) atoms. The summed E-state index contributed by atoms with van der Waals surface area (Å²) in [5.74, 6) is 1.71. The van der Waals surface area contributed by atoms with Gasteiger partial charge in [0, 0.05) is 13.6 Å². The molecule has 0 bridgehead atoms. The van der Waals surface area contributed by atoms with Crippen LogP contribution in [0.15, 0.2) is 6.33 Å². The van der Waals surface area contributed by atoms with E-state index in [9.17, 15) is 0 Å². The summed E-state index contributed by atoms with van der Waals surface area (Å²) in [5.41, 5.74) is 5.79. The van der Waals surface area contributed by atoms with Crippen LogP contribution in [0.3, 0.4) is 0 Å². The minimum atomic E-state index is -0.141. The molecule has 1 aromatic rings. The van der Waals surface area contributed by atoms with Gasteiger partial charge in [-0.15, -0.1) is 0 Å². The minimum Gasteiger partial charge on any atom is -0.366 e. The van der Waals surface area contributed by atoms with Crippen molar-refractivity contribution in [2.24, 2.45) is 18.7 Å². The molecule has 1 aromatic heterocycles. The number of hydrogen-bond donors (Lipinski definition) is 1. The largest absolute Gasteiger partial charge is 0.366 e. The van der Waals surface area contributed by atoms with Crippen LogP contribution in [0.4, 0.5) is 0 Å². The summed E-state index contributed by atoms with van der Waals surface area (Å²) in [6, 6.07) is 0. The molecular formula is C13H24N4O. The topological polar surface area (TPSA) is 66.0 Å². The van der Waals surface area contributed by atoms with E-state index in [1.165, 1.54) is 19.3 Å². The fourth-order valence-corrected chi connectivity index (χ4v) is 2.69. The van der Waals surface area contributed by atoms with Gasteiger partial charge in [-0.1, -0.05) is 13.3 Å². The molecule has 1 fully saturated rings. The van der Waals surface area contributed by atoms with Crippen LogP contribution in [0.5, 0.6) is 0 Å². The zero-order valence-corrected chi connectivity index (χ0v) is 11.4. The van der Waals surface area contributed by atoms with Gasteiger partial charge in [0.25, 0.3) is 0 Å². The van der Waals surface area contributed by atoms with Gasteiger partial charge in [-0.05, 0) is 31.6 Å². The minimum absolute atomic E-state index is 0.141. The zero-order chi connectivity index (χ0) is 13.0. The van der Waals surface area contributed by atoms with E-state index < -0.39 is 0 Å². The standard InChI is InChI=1S/C13H24N4O/c1-3-11-4-6-13(9-14,7-5-11)18-8-12-15-10-16-17(12)2/h10-11H,3-9,14H2,1-2H3. The molecule has 5 heteroatoms. The molecule has 102 valence electrons. The Bertz CT molecular complexity index is 369. The molecule has 0 saturated heterocycles. The molecule has 0 unspecified atom stereocenters. The molecule has 1 aliphatic carbocycles. The fraction of sp³-hybridized carbons (Fsp3) is 0.846. The first-order chi connectivity index (χ1) is 8.69. The van der Waals surface area contributed by atoms with Crippen LogP contribution >= 0.6 is 0 Å². The van der Waals surface area contributed by atoms with Crippen molar-refractivity contribution in [1.82, 2.24) is 14.8 Å². The van der Waals surface area contributed by atoms with Crippen molar-refractivity contribution in [2.75, 3.05) is 6.54 Å². The van der Waals surface area contributed by atoms with Crippen molar-refractivity contribution in [3.63, 3.8) is 0 Å². The molecule has 0 aromatic carbocycles. The van der Waals surface area contributed by atoms with Crippen molar-refractivity contribution in [3.05, 3.63) is 12.2 Å². The summed E-state index contributed by atoms with van der Waals surface area (Å²) in [6.07, 6.45) is 7.42. The van der Waals surface area contributed by atoms with Gasteiger partial charge >= 0.3 is 0 Å². The number of ether oxygens (including phenoxy) is 1. The Balaban J connectivity index is 1.91. The molecule has 0 amide bonds. The monoisotopic (exact) mass is 252 g/mol. The van der Waals surface area contributed by atoms with E-state index in [0.29, 0.717) is 13.2 Å². The average Bonchev–Trinajstić information content (AvgIpc) is 2.83. The molecule has 0 spiro atoms. The molecule has 0 atom stereocenters. The molecule has 0 radical (unpaired) electrons. The van der Waals surface area contributed by atoms with Crippen LogP contribution in [0.1, 0.15) is 44.9 Å². The molecule has 1 heterocycles. The van der Waals surface area contributed by atoms with E-state index in [1.807, 2.05) is 7.05 Å². The fourth-order valence-electron chi connectivity index (χ4n) is 2.69. The summed E-state index contributed by atoms with van der Waals surface area (Å²) < 4.78 is 7.84. The van der Waals surface area contributed by atoms with Gasteiger partial charge < -0.3 is 10.5 Å². The second-order valence-corrected chi connectivity index (χ2v) is 5.33. The predicted molar refractivity (Wildman–Crippen MR) is 69.8 cm³/mol. The molecule has 2 rings (SSSR count). The van der Waals surface area contributed by atoms with Gasteiger partial charge in [0.2, 0.25) is 0 Å². The average molecular weight is 252 g/mol. The van der Waals surface area contributed by atoms with Crippen molar-refractivity contribution < 1.29 is 4.74 Å². The summed E-state index contributed by atoms with van der Waals surface area (Å²) >= 11 is 0. The number of rotatable bonds is 5. The van der Waals surface area contributed by atoms with Gasteiger partial charge in [-0.2, -0.15) is 5.10 Å². The SMILES string of the molecule is CCC1CCC(CN)(OCc2ncnn2C)CC1. The first-order valence-corrected chi connectivity index (χ1v) is 6.86. The maximum Gasteiger partial charge on any atom is 0.152 e. The smallest absolute Gasteiger partial charge is 0.152 e. The Labute approximate surface area is 109 Å². The van der Waals surface area contributed by atoms with E-state index >= 15 is 0 Å². The number of aromatic nitrogens is 3. The highest BCUT2D eigenvalue weighted by Gasteiger charge is 2.34. The van der Waals surface area contributed by atoms with Gasteiger partial charge in [0.15, 0.2) is 5.82 Å². The molecule has 0 aliphatic heterocycles. The number of nitrogens with zero attached hydrogens (tertiary/aromatic N) is 3. The Morgan fingerprint density at radius 2 is 2.22 bits per heavy atom. The summed E-state index contributed by atoms with van der Waals surface area (Å²) in [7, 11) is 1.88. The third-order valence-electron chi connectivity index (χ3n) is 4.28. The molecule has 1 saturated carbocycles. The van der Waals surface area contributed by atoms with Crippen LogP contribution in [0, 0.1) is 5.92 Å². The number of nitrogens with two attached hydrogens (primary N) is 1. The lowest BCUT2D eigenvalue weighted by atomic mass is 9.77. The highest BCUT2D eigenvalue weighted by Crippen LogP contribution is 2.36. The van der Waals surface area contributed by atoms with Crippen LogP contribution < -0.4 is 5.73 Å². The first-order valence-electron chi connectivity index (χ1n) is 6.86. The van der Waals surface area contributed by atoms with E-state index in [0.717, 1.165) is 24.6 Å². The highest BCUT2D eigenvalue weighted by atomic mass is 16.5. The number of aryl methyl sites for hydroxylation is 1. The van der Waals surface area contributed by atoms with E-state index in [1.54, 1.807) is 11.0 Å². The normalized spacial score (nSPS) is 28.5. The Morgan fingerprint density at radius 3 is 2.72 bits per heavy atom. The summed E-state index contributed by atoms with van der Waals surface area (Å²) in [5, 5.41) is 4.05. The second kappa shape index (κ2) is 5.80. The van der Waals surface area contributed by atoms with Crippen LogP contribution in [-0.4, -0.2) is 26.9 Å². The summed E-state index contributed by atoms with van der Waals surface area (Å²) in [4.78, 5) is 4.18. The number of hydrogen-bond acceptors (Lipinski definition) is 4. The van der Waals surface area contributed by atoms with Crippen LogP contribution in [0.25, 0.3) is 0 Å². The van der Waals surface area contributed by atoms with E-state index in [2.05, 4.69) is 17.0 Å². The predicted octanol–water partition coefficient (Wildman–Crippen LogP) is 1.63. The third-order valence-corrected chi connectivity index (χ3v) is 4.28. The lowest BCUT2D eigenvalue weighted by Crippen LogP contribution is -2.44. The third kappa shape index (κ3) is 2.90. The summed E-state index contributed by atoms with van der Waals surface area (Å²) in [6.45, 7) is 3.37. The Kier molecular flexibility index (Phi) is 4.35. The first kappa shape index (κ1) is 13.5. The van der Waals surface area contributed by atoms with Crippen molar-refractivity contribution in [3.8, 4) is 0 Å². The van der Waals surface area contributed by atoms with Crippen LogP contribution in [0.2, 0.25) is 0 Å². The van der Waals surface area contributed by atoms with Crippen molar-refractivity contribution in [1.29, 1.82) is 0 Å². The molecular weight excluding hydrogens is 228 g/mol. The van der Waals surface area contributed by atoms with E-state index in [4.69, 9.17) is 10.5 Å². The van der Waals surface area contributed by atoms with Crippen molar-refractivity contribution >= 4 is 0 Å². The zero-order valence-electron chi connectivity index (χ0n) is 11.4. The van der Waals surface area contributed by atoms with Crippen molar-refractivity contribution in [2.45, 2.75) is 51.2 Å². The Morgan fingerprint density at radius 1 is 1.50 bits per heavy atom. The molecule has 1 aliphatic rings. The van der Waals surface area contributed by atoms with Gasteiger partial charge in [-0.3, -0.25) is 4.68 Å². The quantitative estimate of drug-likeness (QED) is 0.865. The maximum absolute atomic E-state index is 6.09. The van der Waals surface area contributed by atoms with Gasteiger partial charge in [0.05, 0.1) is 5.60 Å². The Hall–Kier alpha value is -0.940. The lowest BCUT2D eigenvalue weighted by molar-refractivity contribution is -0.0841. The molecule has 5 nitrogen and oxygen atoms in total.